The summed E-state index contributed by atoms with van der Waals surface area (Å²) in [6.07, 6.45) is 1.76. The highest BCUT2D eigenvalue weighted by Gasteiger charge is 2.18. The molecule has 4 rings (SSSR count). The largest absolute Gasteiger partial charge is 0.496 e. The lowest BCUT2D eigenvalue weighted by Crippen LogP contribution is -1.90. The average molecular weight is 354 g/mol. The number of fused-ring (bicyclic) bond motifs is 1. The predicted molar refractivity (Wildman–Crippen MR) is 98.2 cm³/mol. The number of imidazole rings is 1. The van der Waals surface area contributed by atoms with E-state index in [9.17, 15) is 4.39 Å². The number of nitrogen functional groups attached to an aromatic ring is 1. The Morgan fingerprint density at radius 3 is 2.84 bits per heavy atom. The van der Waals surface area contributed by atoms with Gasteiger partial charge in [-0.15, -0.1) is 0 Å². The van der Waals surface area contributed by atoms with Gasteiger partial charge in [-0.1, -0.05) is 17.4 Å². The Labute approximate surface area is 147 Å². The number of methoxy groups -OCH3 is 1. The van der Waals surface area contributed by atoms with E-state index in [1.807, 2.05) is 29.8 Å². The summed E-state index contributed by atoms with van der Waals surface area (Å²) in [7, 11) is 3.50. The van der Waals surface area contributed by atoms with Gasteiger partial charge in [0.1, 0.15) is 11.6 Å². The molecule has 0 atom stereocenters. The van der Waals surface area contributed by atoms with E-state index in [1.54, 1.807) is 19.5 Å². The number of aryl methyl sites for hydroxylation is 1. The molecule has 0 saturated heterocycles. The highest BCUT2D eigenvalue weighted by Crippen LogP contribution is 2.42. The van der Waals surface area contributed by atoms with Gasteiger partial charge in [-0.3, -0.25) is 0 Å². The Bertz CT molecular complexity index is 1090. The van der Waals surface area contributed by atoms with Crippen LogP contribution in [0.1, 0.15) is 0 Å². The first-order valence-corrected chi connectivity index (χ1v) is 8.40. The molecular formula is C18H15FN4OS. The molecule has 7 heteroatoms. The summed E-state index contributed by atoms with van der Waals surface area (Å²) in [4.78, 5) is 9.61. The minimum Gasteiger partial charge on any atom is -0.496 e. The fourth-order valence-electron chi connectivity index (χ4n) is 2.86. The minimum atomic E-state index is -0.339. The SMILES string of the molecule is COc1ccc(F)cc1-c1sc(N)nc1-c1ccc2c(c1)ncn2C. The fraction of sp³-hybridized carbons (Fsp3) is 0.111. The summed E-state index contributed by atoms with van der Waals surface area (Å²) in [5.74, 6) is 0.235. The summed E-state index contributed by atoms with van der Waals surface area (Å²) >= 11 is 1.31. The van der Waals surface area contributed by atoms with Crippen molar-refractivity contribution in [3.63, 3.8) is 0 Å². The Morgan fingerprint density at radius 1 is 1.20 bits per heavy atom. The number of thiazole rings is 1. The molecule has 5 nitrogen and oxygen atoms in total. The lowest BCUT2D eigenvalue weighted by Gasteiger charge is -2.09. The van der Waals surface area contributed by atoms with Crippen LogP contribution in [0.5, 0.6) is 5.75 Å². The van der Waals surface area contributed by atoms with Crippen molar-refractivity contribution in [2.24, 2.45) is 7.05 Å². The van der Waals surface area contributed by atoms with Crippen LogP contribution in [0, 0.1) is 5.82 Å². The summed E-state index contributed by atoms with van der Waals surface area (Å²) in [5.41, 5.74) is 10.0. The lowest BCUT2D eigenvalue weighted by molar-refractivity contribution is 0.415. The van der Waals surface area contributed by atoms with Gasteiger partial charge in [0.15, 0.2) is 5.13 Å². The van der Waals surface area contributed by atoms with Crippen LogP contribution in [0.4, 0.5) is 9.52 Å². The van der Waals surface area contributed by atoms with Gasteiger partial charge >= 0.3 is 0 Å². The first kappa shape index (κ1) is 15.6. The van der Waals surface area contributed by atoms with Crippen molar-refractivity contribution < 1.29 is 9.13 Å². The maximum atomic E-state index is 13.8. The third kappa shape index (κ3) is 2.62. The van der Waals surface area contributed by atoms with Gasteiger partial charge in [0.05, 0.1) is 35.0 Å². The molecule has 126 valence electrons. The summed E-state index contributed by atoms with van der Waals surface area (Å²) in [6, 6.07) is 10.3. The number of ether oxygens (including phenoxy) is 1. The van der Waals surface area contributed by atoms with Crippen molar-refractivity contribution in [1.82, 2.24) is 14.5 Å². The predicted octanol–water partition coefficient (Wildman–Crippen LogP) is 4.09. The van der Waals surface area contributed by atoms with Crippen molar-refractivity contribution in [2.45, 2.75) is 0 Å². The van der Waals surface area contributed by atoms with Crippen LogP contribution >= 0.6 is 11.3 Å². The van der Waals surface area contributed by atoms with E-state index in [4.69, 9.17) is 10.5 Å². The number of rotatable bonds is 3. The third-order valence-electron chi connectivity index (χ3n) is 4.05. The number of nitrogens with zero attached hydrogens (tertiary/aromatic N) is 3. The molecule has 0 saturated carbocycles. The van der Waals surface area contributed by atoms with Gasteiger partial charge in [-0.25, -0.2) is 14.4 Å². The quantitative estimate of drug-likeness (QED) is 0.602. The van der Waals surface area contributed by atoms with E-state index in [2.05, 4.69) is 9.97 Å². The number of anilines is 1. The molecule has 0 radical (unpaired) electrons. The molecule has 2 heterocycles. The molecule has 0 bridgehead atoms. The van der Waals surface area contributed by atoms with Crippen molar-refractivity contribution in [1.29, 1.82) is 0 Å². The first-order chi connectivity index (χ1) is 12.1. The Kier molecular flexibility index (Phi) is 3.65. The standard InChI is InChI=1S/C18H15FN4OS/c1-23-9-21-13-7-10(3-5-14(13)23)16-17(25-18(20)22-16)12-8-11(19)4-6-15(12)24-2/h3-9H,1-2H3,(H2,20,22). The van der Waals surface area contributed by atoms with Crippen LogP contribution in [-0.2, 0) is 7.05 Å². The molecule has 2 aromatic carbocycles. The van der Waals surface area contributed by atoms with E-state index in [0.29, 0.717) is 22.1 Å². The molecule has 0 spiro atoms. The molecule has 0 amide bonds. The second-order valence-corrected chi connectivity index (χ2v) is 6.66. The lowest BCUT2D eigenvalue weighted by atomic mass is 10.1. The summed E-state index contributed by atoms with van der Waals surface area (Å²) in [5, 5.41) is 0.414. The Balaban J connectivity index is 1.93. The van der Waals surface area contributed by atoms with Gasteiger partial charge < -0.3 is 15.0 Å². The zero-order valence-electron chi connectivity index (χ0n) is 13.7. The average Bonchev–Trinajstić information content (AvgIpc) is 3.17. The molecule has 25 heavy (non-hydrogen) atoms. The van der Waals surface area contributed by atoms with Gasteiger partial charge in [0.2, 0.25) is 0 Å². The van der Waals surface area contributed by atoms with Gasteiger partial charge in [0.25, 0.3) is 0 Å². The molecule has 0 aliphatic carbocycles. The number of halogens is 1. The smallest absolute Gasteiger partial charge is 0.181 e. The Morgan fingerprint density at radius 2 is 2.04 bits per heavy atom. The van der Waals surface area contributed by atoms with Crippen molar-refractivity contribution in [3.05, 3.63) is 48.5 Å². The molecular weight excluding hydrogens is 339 g/mol. The maximum Gasteiger partial charge on any atom is 0.181 e. The maximum absolute atomic E-state index is 13.8. The van der Waals surface area contributed by atoms with E-state index >= 15 is 0 Å². The first-order valence-electron chi connectivity index (χ1n) is 7.58. The normalized spacial score (nSPS) is 11.2. The van der Waals surface area contributed by atoms with Crippen molar-refractivity contribution >= 4 is 27.5 Å². The number of aromatic nitrogens is 3. The monoisotopic (exact) mass is 354 g/mol. The van der Waals surface area contributed by atoms with Crippen LogP contribution < -0.4 is 10.5 Å². The zero-order chi connectivity index (χ0) is 17.6. The number of hydrogen-bond acceptors (Lipinski definition) is 5. The molecule has 2 aromatic heterocycles. The third-order valence-corrected chi connectivity index (χ3v) is 4.97. The molecule has 2 N–H and O–H groups in total. The number of nitrogens with two attached hydrogens (primary N) is 1. The highest BCUT2D eigenvalue weighted by molar-refractivity contribution is 7.19. The van der Waals surface area contributed by atoms with Crippen molar-refractivity contribution in [3.8, 4) is 27.4 Å². The topological polar surface area (TPSA) is 66.0 Å². The van der Waals surface area contributed by atoms with E-state index in [-0.39, 0.29) is 5.82 Å². The van der Waals surface area contributed by atoms with Gasteiger partial charge in [-0.05, 0) is 30.3 Å². The summed E-state index contributed by atoms with van der Waals surface area (Å²) < 4.78 is 21.1. The second-order valence-electron chi connectivity index (χ2n) is 5.63. The molecule has 0 fully saturated rings. The molecule has 4 aromatic rings. The van der Waals surface area contributed by atoms with Gasteiger partial charge in [-0.2, -0.15) is 0 Å². The fourth-order valence-corrected chi connectivity index (χ4v) is 3.73. The van der Waals surface area contributed by atoms with E-state index in [1.165, 1.54) is 23.5 Å². The van der Waals surface area contributed by atoms with Crippen LogP contribution in [0.3, 0.4) is 0 Å². The van der Waals surface area contributed by atoms with Crippen LogP contribution in [0.25, 0.3) is 32.7 Å². The summed E-state index contributed by atoms with van der Waals surface area (Å²) in [6.45, 7) is 0. The minimum absolute atomic E-state index is 0.339. The second kappa shape index (κ2) is 5.86. The van der Waals surface area contributed by atoms with Crippen LogP contribution in [-0.4, -0.2) is 21.6 Å². The number of hydrogen-bond donors (Lipinski definition) is 1. The van der Waals surface area contributed by atoms with E-state index in [0.717, 1.165) is 21.5 Å². The van der Waals surface area contributed by atoms with Gasteiger partial charge in [0, 0.05) is 18.2 Å². The van der Waals surface area contributed by atoms with Crippen LogP contribution in [0.15, 0.2) is 42.7 Å². The molecule has 0 aliphatic heterocycles. The highest BCUT2D eigenvalue weighted by atomic mass is 32.1. The molecule has 0 unspecified atom stereocenters. The molecule has 0 aliphatic rings. The van der Waals surface area contributed by atoms with Crippen molar-refractivity contribution in [2.75, 3.05) is 12.8 Å². The van der Waals surface area contributed by atoms with Crippen LogP contribution in [0.2, 0.25) is 0 Å². The number of benzene rings is 2. The zero-order valence-corrected chi connectivity index (χ0v) is 14.5. The Hall–Kier alpha value is -2.93. The van der Waals surface area contributed by atoms with E-state index < -0.39 is 0 Å².